The van der Waals surface area contributed by atoms with Crippen LogP contribution in [0.25, 0.3) is 0 Å². The Kier molecular flexibility index (Phi) is 5.67. The molecule has 2 aliphatic heterocycles. The molecule has 0 spiro atoms. The number of benzene rings is 1. The van der Waals surface area contributed by atoms with Gasteiger partial charge in [-0.3, -0.25) is 4.79 Å². The van der Waals surface area contributed by atoms with Crippen LogP contribution in [0.4, 0.5) is 0 Å². The van der Waals surface area contributed by atoms with Gasteiger partial charge in [0.25, 0.3) is 0 Å². The molecule has 0 aromatic heterocycles. The van der Waals surface area contributed by atoms with Gasteiger partial charge in [-0.25, -0.2) is 0 Å². The van der Waals surface area contributed by atoms with E-state index in [4.69, 9.17) is 30.5 Å². The van der Waals surface area contributed by atoms with Crippen LogP contribution in [0.2, 0.25) is 5.02 Å². The predicted molar refractivity (Wildman–Crippen MR) is 84.0 cm³/mol. The third-order valence-electron chi connectivity index (χ3n) is 4.15. The smallest absolute Gasteiger partial charge is 0.190 e. The Morgan fingerprint density at radius 2 is 2.17 bits per heavy atom. The molecule has 2 heterocycles. The maximum Gasteiger partial charge on any atom is 0.190 e. The van der Waals surface area contributed by atoms with Crippen molar-refractivity contribution in [3.8, 4) is 0 Å². The number of ketones is 1. The van der Waals surface area contributed by atoms with E-state index in [1.165, 1.54) is 0 Å². The normalized spacial score (nSPS) is 29.7. The first-order valence-electron chi connectivity index (χ1n) is 7.97. The van der Waals surface area contributed by atoms with Gasteiger partial charge < -0.3 is 18.9 Å². The molecule has 0 unspecified atom stereocenters. The molecule has 23 heavy (non-hydrogen) atoms. The Morgan fingerprint density at radius 3 is 2.96 bits per heavy atom. The van der Waals surface area contributed by atoms with Gasteiger partial charge >= 0.3 is 0 Å². The van der Waals surface area contributed by atoms with Crippen molar-refractivity contribution in [1.29, 1.82) is 0 Å². The number of hydrogen-bond acceptors (Lipinski definition) is 5. The Balaban J connectivity index is 1.68. The van der Waals surface area contributed by atoms with E-state index >= 15 is 0 Å². The van der Waals surface area contributed by atoms with Gasteiger partial charge in [-0.05, 0) is 18.1 Å². The van der Waals surface area contributed by atoms with Crippen molar-refractivity contribution in [3.63, 3.8) is 0 Å². The average molecular weight is 341 g/mol. The van der Waals surface area contributed by atoms with Crippen LogP contribution in [0.3, 0.4) is 0 Å². The van der Waals surface area contributed by atoms with Crippen LogP contribution >= 0.6 is 11.6 Å². The Morgan fingerprint density at radius 1 is 1.35 bits per heavy atom. The van der Waals surface area contributed by atoms with Crippen LogP contribution in [0, 0.1) is 0 Å². The van der Waals surface area contributed by atoms with Gasteiger partial charge in [0.2, 0.25) is 0 Å². The van der Waals surface area contributed by atoms with Crippen LogP contribution in [0.5, 0.6) is 0 Å². The molecular weight excluding hydrogens is 320 g/mol. The van der Waals surface area contributed by atoms with Crippen molar-refractivity contribution in [2.45, 2.75) is 57.4 Å². The molecule has 4 atom stereocenters. The van der Waals surface area contributed by atoms with Gasteiger partial charge in [-0.1, -0.05) is 43.1 Å². The van der Waals surface area contributed by atoms with Crippen molar-refractivity contribution in [2.75, 3.05) is 6.79 Å². The molecule has 2 aliphatic rings. The summed E-state index contributed by atoms with van der Waals surface area (Å²) in [5.74, 6) is 0.0395. The highest BCUT2D eigenvalue weighted by Gasteiger charge is 2.52. The first-order chi connectivity index (χ1) is 11.2. The van der Waals surface area contributed by atoms with Gasteiger partial charge in [-0.15, -0.1) is 0 Å². The SMILES string of the molecule is CCCCC(=O)[C@H]1O[C@@H]2OCO[C@@H]2[C@H]1OCc1ccccc1Cl. The largest absolute Gasteiger partial charge is 0.367 e. The van der Waals surface area contributed by atoms with Crippen LogP contribution in [-0.2, 0) is 30.3 Å². The minimum absolute atomic E-state index is 0.0395. The van der Waals surface area contributed by atoms with Crippen molar-refractivity contribution in [2.24, 2.45) is 0 Å². The monoisotopic (exact) mass is 340 g/mol. The van der Waals surface area contributed by atoms with Crippen molar-refractivity contribution in [1.82, 2.24) is 0 Å². The summed E-state index contributed by atoms with van der Waals surface area (Å²) in [5.41, 5.74) is 0.872. The molecule has 5 nitrogen and oxygen atoms in total. The highest BCUT2D eigenvalue weighted by Crippen LogP contribution is 2.33. The van der Waals surface area contributed by atoms with E-state index in [-0.39, 0.29) is 18.7 Å². The highest BCUT2D eigenvalue weighted by molar-refractivity contribution is 6.31. The summed E-state index contributed by atoms with van der Waals surface area (Å²) in [6.45, 7) is 2.52. The van der Waals surface area contributed by atoms with Crippen molar-refractivity contribution < 1.29 is 23.7 Å². The number of carbonyl (C=O) groups is 1. The van der Waals surface area contributed by atoms with Crippen LogP contribution < -0.4 is 0 Å². The van der Waals surface area contributed by atoms with Gasteiger partial charge in [0.05, 0.1) is 6.61 Å². The molecule has 1 aromatic rings. The van der Waals surface area contributed by atoms with E-state index < -0.39 is 18.5 Å². The molecule has 0 saturated carbocycles. The summed E-state index contributed by atoms with van der Waals surface area (Å²) in [7, 11) is 0. The van der Waals surface area contributed by atoms with E-state index in [9.17, 15) is 4.79 Å². The number of fused-ring (bicyclic) bond motifs is 1. The number of hydrogen-bond donors (Lipinski definition) is 0. The lowest BCUT2D eigenvalue weighted by atomic mass is 10.0. The third-order valence-corrected chi connectivity index (χ3v) is 4.52. The fourth-order valence-electron chi connectivity index (χ4n) is 2.86. The maximum absolute atomic E-state index is 12.4. The molecule has 2 saturated heterocycles. The van der Waals surface area contributed by atoms with E-state index in [1.54, 1.807) is 0 Å². The van der Waals surface area contributed by atoms with E-state index in [0.29, 0.717) is 18.1 Å². The third kappa shape index (κ3) is 3.75. The fraction of sp³-hybridized carbons (Fsp3) is 0.588. The van der Waals surface area contributed by atoms with Gasteiger partial charge in [0, 0.05) is 11.4 Å². The molecule has 2 fully saturated rings. The summed E-state index contributed by atoms with van der Waals surface area (Å²) >= 11 is 6.15. The van der Waals surface area contributed by atoms with E-state index in [1.807, 2.05) is 24.3 Å². The molecule has 1 aromatic carbocycles. The molecule has 126 valence electrons. The molecule has 0 N–H and O–H groups in total. The van der Waals surface area contributed by atoms with Crippen molar-refractivity contribution in [3.05, 3.63) is 34.9 Å². The highest BCUT2D eigenvalue weighted by atomic mass is 35.5. The topological polar surface area (TPSA) is 54.0 Å². The van der Waals surface area contributed by atoms with E-state index in [0.717, 1.165) is 18.4 Å². The van der Waals surface area contributed by atoms with Gasteiger partial charge in [-0.2, -0.15) is 0 Å². The van der Waals surface area contributed by atoms with Crippen LogP contribution in [0.15, 0.2) is 24.3 Å². The summed E-state index contributed by atoms with van der Waals surface area (Å²) in [6, 6.07) is 7.48. The Hall–Kier alpha value is -0.980. The number of ether oxygens (including phenoxy) is 4. The molecular formula is C17H21ClO5. The minimum Gasteiger partial charge on any atom is -0.367 e. The average Bonchev–Trinajstić information content (AvgIpc) is 3.13. The molecule has 0 aliphatic carbocycles. The fourth-order valence-corrected chi connectivity index (χ4v) is 3.05. The number of rotatable bonds is 7. The summed E-state index contributed by atoms with van der Waals surface area (Å²) < 4.78 is 22.6. The van der Waals surface area contributed by atoms with Gasteiger partial charge in [0.1, 0.15) is 18.3 Å². The zero-order valence-electron chi connectivity index (χ0n) is 13.1. The molecule has 0 amide bonds. The van der Waals surface area contributed by atoms with Crippen LogP contribution in [0.1, 0.15) is 31.7 Å². The number of halogens is 1. The summed E-state index contributed by atoms with van der Waals surface area (Å²) in [4.78, 5) is 12.4. The summed E-state index contributed by atoms with van der Waals surface area (Å²) in [6.07, 6.45) is 0.278. The summed E-state index contributed by atoms with van der Waals surface area (Å²) in [5, 5.41) is 0.639. The molecule has 6 heteroatoms. The molecule has 3 rings (SSSR count). The Bertz CT molecular complexity index is 550. The first kappa shape index (κ1) is 16.9. The Labute approximate surface area is 140 Å². The van der Waals surface area contributed by atoms with E-state index in [2.05, 4.69) is 6.92 Å². The predicted octanol–water partition coefficient (Wildman–Crippen LogP) is 3.08. The van der Waals surface area contributed by atoms with Crippen LogP contribution in [-0.4, -0.2) is 37.2 Å². The number of Topliss-reactive ketones (excluding diaryl/α,β-unsaturated/α-hetero) is 1. The zero-order valence-corrected chi connectivity index (χ0v) is 13.8. The van der Waals surface area contributed by atoms with Gasteiger partial charge in [0.15, 0.2) is 18.9 Å². The lowest BCUT2D eigenvalue weighted by Crippen LogP contribution is -2.39. The zero-order chi connectivity index (χ0) is 16.2. The number of unbranched alkanes of at least 4 members (excludes halogenated alkanes) is 1. The van der Waals surface area contributed by atoms with Crippen molar-refractivity contribution >= 4 is 17.4 Å². The second kappa shape index (κ2) is 7.73. The standard InChI is InChI=1S/C17H21ClO5/c1-2-3-8-13(19)14-15(16-17(23-14)22-10-21-16)20-9-11-6-4-5-7-12(11)18/h4-7,14-17H,2-3,8-10H2,1H3/t14-,15+,16-,17+/m1/s1. The lowest BCUT2D eigenvalue weighted by Gasteiger charge is -2.21. The quantitative estimate of drug-likeness (QED) is 0.763. The molecule has 0 bridgehead atoms. The minimum atomic E-state index is -0.640. The lowest BCUT2D eigenvalue weighted by molar-refractivity contribution is -0.158. The second-order valence-corrected chi connectivity index (χ2v) is 6.18. The molecule has 0 radical (unpaired) electrons. The first-order valence-corrected chi connectivity index (χ1v) is 8.35. The second-order valence-electron chi connectivity index (χ2n) is 5.78. The maximum atomic E-state index is 12.4. The number of carbonyl (C=O) groups excluding carboxylic acids is 1.